The van der Waals surface area contributed by atoms with Gasteiger partial charge >= 0.3 is 6.01 Å². The smallest absolute Gasteiger partial charge is 0.319 e. The first-order chi connectivity index (χ1) is 22.8. The minimum Gasteiger partial charge on any atom is -0.461 e. The summed E-state index contributed by atoms with van der Waals surface area (Å²) in [4.78, 5) is 30.2. The largest absolute Gasteiger partial charge is 0.461 e. The van der Waals surface area contributed by atoms with E-state index in [0.29, 0.717) is 53.6 Å². The number of anilines is 1. The first-order valence-electron chi connectivity index (χ1n) is 16.0. The third-order valence-corrected chi connectivity index (χ3v) is 9.77. The van der Waals surface area contributed by atoms with Crippen LogP contribution in [0.5, 0.6) is 6.01 Å². The highest BCUT2D eigenvalue weighted by Gasteiger charge is 2.49. The molecule has 0 radical (unpaired) electrons. The number of nitrogens with one attached hydrogen (secondary N) is 1. The fourth-order valence-corrected chi connectivity index (χ4v) is 7.57. The standard InChI is InChI=1S/C36H35F3N6O2/c1-3-25-28(38)13-12-22-9-7-11-26(30(22)25)32-31(39)33-27(18-40-32)34(44-15-6-5-10-24(20-44)41-29(46)4-2)43-35(42-33)47-21-36-14-8-16-45(36)19-23(37)17-36/h1,4,7,9,11-13,18,23-24H,2,5-6,8,10,14-17,19-21H2,(H,41,46)/t23-,24?,36+/m1/s1. The monoisotopic (exact) mass is 640 g/mol. The summed E-state index contributed by atoms with van der Waals surface area (Å²) >= 11 is 0. The van der Waals surface area contributed by atoms with Gasteiger partial charge in [0.2, 0.25) is 5.91 Å². The number of hydrogen-bond donors (Lipinski definition) is 1. The van der Waals surface area contributed by atoms with Crippen molar-refractivity contribution in [3.63, 3.8) is 0 Å². The fraction of sp³-hybridized carbons (Fsp3) is 0.389. The highest BCUT2D eigenvalue weighted by Crippen LogP contribution is 2.41. The molecule has 242 valence electrons. The Hall–Kier alpha value is -4.69. The number of alkyl halides is 1. The summed E-state index contributed by atoms with van der Waals surface area (Å²) < 4.78 is 52.4. The van der Waals surface area contributed by atoms with Crippen LogP contribution in [0.25, 0.3) is 32.9 Å². The number of halogens is 3. The van der Waals surface area contributed by atoms with Crippen molar-refractivity contribution in [3.8, 4) is 29.6 Å². The lowest BCUT2D eigenvalue weighted by Gasteiger charge is -2.31. The maximum absolute atomic E-state index is 16.8. The number of fused-ring (bicyclic) bond motifs is 3. The first-order valence-corrected chi connectivity index (χ1v) is 16.0. The minimum absolute atomic E-state index is 0.0165. The zero-order valence-electron chi connectivity index (χ0n) is 25.9. The third-order valence-electron chi connectivity index (χ3n) is 9.77. The number of carbonyl (C=O) groups excluding carboxylic acids is 1. The van der Waals surface area contributed by atoms with Crippen molar-refractivity contribution in [2.45, 2.75) is 56.3 Å². The first kappa shape index (κ1) is 30.9. The summed E-state index contributed by atoms with van der Waals surface area (Å²) in [5.74, 6) is 1.25. The molecule has 0 saturated carbocycles. The molecule has 47 heavy (non-hydrogen) atoms. The highest BCUT2D eigenvalue weighted by molar-refractivity contribution is 6.02. The predicted octanol–water partition coefficient (Wildman–Crippen LogP) is 5.72. The Morgan fingerprint density at radius 2 is 2.04 bits per heavy atom. The van der Waals surface area contributed by atoms with Crippen molar-refractivity contribution >= 4 is 33.4 Å². The van der Waals surface area contributed by atoms with E-state index in [9.17, 15) is 13.6 Å². The second-order valence-corrected chi connectivity index (χ2v) is 12.7. The van der Waals surface area contributed by atoms with Gasteiger partial charge in [0.1, 0.15) is 35.6 Å². The highest BCUT2D eigenvalue weighted by atomic mass is 19.1. The van der Waals surface area contributed by atoms with E-state index in [1.54, 1.807) is 24.3 Å². The van der Waals surface area contributed by atoms with Crippen LogP contribution in [0.2, 0.25) is 0 Å². The van der Waals surface area contributed by atoms with Gasteiger partial charge in [0, 0.05) is 49.2 Å². The van der Waals surface area contributed by atoms with Crippen molar-refractivity contribution in [2.75, 3.05) is 37.7 Å². The molecule has 3 saturated heterocycles. The van der Waals surface area contributed by atoms with Crippen molar-refractivity contribution in [1.29, 1.82) is 0 Å². The number of terminal acetylenes is 1. The van der Waals surface area contributed by atoms with E-state index in [1.807, 2.05) is 4.90 Å². The molecular weight excluding hydrogens is 605 g/mol. The summed E-state index contributed by atoms with van der Waals surface area (Å²) in [6.45, 7) is 5.93. The molecular formula is C36H35F3N6O2. The molecule has 0 bridgehead atoms. The van der Waals surface area contributed by atoms with Crippen LogP contribution in [-0.2, 0) is 4.79 Å². The van der Waals surface area contributed by atoms with Crippen LogP contribution in [-0.4, -0.2) is 76.3 Å². The van der Waals surface area contributed by atoms with Crippen LogP contribution < -0.4 is 15.0 Å². The zero-order chi connectivity index (χ0) is 32.7. The SMILES string of the molecule is C#Cc1c(F)ccc2cccc(-c3ncc4c(N5CCCCC(NC(=O)C=C)C5)nc(OC[C@@]56CCCN5C[C@H](F)C6)nc4c3F)c12. The van der Waals surface area contributed by atoms with Crippen LogP contribution in [0.15, 0.2) is 49.2 Å². The number of hydrogen-bond acceptors (Lipinski definition) is 7. The van der Waals surface area contributed by atoms with Gasteiger partial charge in [-0.25, -0.2) is 13.2 Å². The minimum atomic E-state index is -0.934. The number of amides is 1. The molecule has 1 amide bonds. The third kappa shape index (κ3) is 5.65. The summed E-state index contributed by atoms with van der Waals surface area (Å²) in [6, 6.07) is 7.84. The molecule has 2 aromatic heterocycles. The molecule has 7 rings (SSSR count). The number of nitrogens with zero attached hydrogens (tertiary/aromatic N) is 5. The number of pyridine rings is 1. The molecule has 8 nitrogen and oxygen atoms in total. The van der Waals surface area contributed by atoms with Crippen LogP contribution >= 0.6 is 0 Å². The second kappa shape index (κ2) is 12.5. The lowest BCUT2D eigenvalue weighted by Crippen LogP contribution is -2.43. The van der Waals surface area contributed by atoms with Gasteiger partial charge in [-0.05, 0) is 56.2 Å². The predicted molar refractivity (Wildman–Crippen MR) is 175 cm³/mol. The Morgan fingerprint density at radius 3 is 2.87 bits per heavy atom. The molecule has 2 aromatic carbocycles. The van der Waals surface area contributed by atoms with E-state index < -0.39 is 23.3 Å². The molecule has 4 aromatic rings. The Kier molecular flexibility index (Phi) is 8.22. The Morgan fingerprint density at radius 1 is 1.17 bits per heavy atom. The van der Waals surface area contributed by atoms with Crippen molar-refractivity contribution < 1.29 is 22.7 Å². The number of aromatic nitrogens is 3. The second-order valence-electron chi connectivity index (χ2n) is 12.7. The van der Waals surface area contributed by atoms with E-state index in [0.717, 1.165) is 38.6 Å². The van der Waals surface area contributed by atoms with Crippen LogP contribution in [0.1, 0.15) is 44.1 Å². The molecule has 3 aliphatic heterocycles. The molecule has 11 heteroatoms. The van der Waals surface area contributed by atoms with Gasteiger partial charge in [-0.15, -0.1) is 6.42 Å². The van der Waals surface area contributed by atoms with Gasteiger partial charge in [-0.3, -0.25) is 14.7 Å². The van der Waals surface area contributed by atoms with Gasteiger partial charge in [0.05, 0.1) is 16.5 Å². The Balaban J connectivity index is 1.35. The summed E-state index contributed by atoms with van der Waals surface area (Å²) in [6.07, 6.45) is 12.1. The van der Waals surface area contributed by atoms with Crippen molar-refractivity contribution in [1.82, 2.24) is 25.2 Å². The number of rotatable bonds is 7. The van der Waals surface area contributed by atoms with Crippen molar-refractivity contribution in [3.05, 3.63) is 66.4 Å². The number of ether oxygens (including phenoxy) is 1. The van der Waals surface area contributed by atoms with Crippen LogP contribution in [0.3, 0.4) is 0 Å². The Bertz CT molecular complexity index is 1930. The lowest BCUT2D eigenvalue weighted by molar-refractivity contribution is -0.117. The van der Waals surface area contributed by atoms with Crippen molar-refractivity contribution in [2.24, 2.45) is 0 Å². The summed E-state index contributed by atoms with van der Waals surface area (Å²) in [5, 5.41) is 4.37. The summed E-state index contributed by atoms with van der Waals surface area (Å²) in [5.41, 5.74) is -0.158. The molecule has 1 unspecified atom stereocenters. The maximum Gasteiger partial charge on any atom is 0.319 e. The average Bonchev–Trinajstić information content (AvgIpc) is 3.49. The molecule has 3 fully saturated rings. The number of benzene rings is 2. The topological polar surface area (TPSA) is 83.5 Å². The maximum atomic E-state index is 16.8. The molecule has 3 atom stereocenters. The average molecular weight is 641 g/mol. The summed E-state index contributed by atoms with van der Waals surface area (Å²) in [7, 11) is 0. The van der Waals surface area contributed by atoms with Crippen LogP contribution in [0, 0.1) is 24.0 Å². The molecule has 1 N–H and O–H groups in total. The van der Waals surface area contributed by atoms with Gasteiger partial charge in [-0.1, -0.05) is 36.8 Å². The van der Waals surface area contributed by atoms with Gasteiger partial charge in [0.25, 0.3) is 0 Å². The van der Waals surface area contributed by atoms with E-state index in [-0.39, 0.29) is 41.3 Å². The number of carbonyl (C=O) groups is 1. The van der Waals surface area contributed by atoms with Crippen LogP contribution in [0.4, 0.5) is 19.0 Å². The zero-order valence-corrected chi connectivity index (χ0v) is 25.9. The molecule has 0 aliphatic carbocycles. The normalized spacial score (nSPS) is 23.0. The molecule has 5 heterocycles. The Labute approximate surface area is 271 Å². The fourth-order valence-electron chi connectivity index (χ4n) is 7.57. The van der Waals surface area contributed by atoms with E-state index in [4.69, 9.17) is 16.1 Å². The van der Waals surface area contributed by atoms with Gasteiger partial charge < -0.3 is 15.0 Å². The van der Waals surface area contributed by atoms with E-state index >= 15 is 4.39 Å². The van der Waals surface area contributed by atoms with Gasteiger partial charge in [-0.2, -0.15) is 9.97 Å². The molecule has 0 spiro atoms. The van der Waals surface area contributed by atoms with E-state index in [2.05, 4.69) is 32.7 Å². The lowest BCUT2D eigenvalue weighted by atomic mass is 9.95. The molecule has 3 aliphatic rings. The van der Waals surface area contributed by atoms with Gasteiger partial charge in [0.15, 0.2) is 5.82 Å². The van der Waals surface area contributed by atoms with E-state index in [1.165, 1.54) is 18.3 Å². The quantitative estimate of drug-likeness (QED) is 0.204.